The number of anilines is 1. The maximum atomic E-state index is 12.2. The molecule has 0 aromatic carbocycles. The Bertz CT molecular complexity index is 442. The Balaban J connectivity index is 2.78. The zero-order valence-electron chi connectivity index (χ0n) is 12.8. The van der Waals surface area contributed by atoms with E-state index in [0.717, 1.165) is 5.69 Å². The summed E-state index contributed by atoms with van der Waals surface area (Å²) >= 11 is 0. The number of nitrogens with zero attached hydrogens (tertiary/aromatic N) is 2. The molecule has 1 aromatic heterocycles. The number of aliphatic hydroxyl groups excluding tert-OH is 1. The molecule has 0 spiro atoms. The molecule has 0 saturated carbocycles. The van der Waals surface area contributed by atoms with E-state index in [1.807, 2.05) is 33.8 Å². The Morgan fingerprint density at radius 3 is 2.60 bits per heavy atom. The third-order valence-corrected chi connectivity index (χ3v) is 3.23. The topological polar surface area (TPSA) is 65.5 Å². The summed E-state index contributed by atoms with van der Waals surface area (Å²) in [6.45, 7) is 9.94. The Labute approximate surface area is 121 Å². The normalized spacial score (nSPS) is 11.2. The average Bonchev–Trinajstić information content (AvgIpc) is 2.47. The van der Waals surface area contributed by atoms with Crippen LogP contribution in [0.3, 0.4) is 0 Å². The summed E-state index contributed by atoms with van der Waals surface area (Å²) in [4.78, 5) is 18.1. The van der Waals surface area contributed by atoms with Gasteiger partial charge in [-0.3, -0.25) is 9.78 Å². The van der Waals surface area contributed by atoms with E-state index in [1.165, 1.54) is 0 Å². The Kier molecular flexibility index (Phi) is 5.95. The average molecular weight is 279 g/mol. The number of aromatic nitrogens is 1. The van der Waals surface area contributed by atoms with Crippen LogP contribution in [0, 0.1) is 5.41 Å². The Morgan fingerprint density at radius 1 is 1.40 bits per heavy atom. The quantitative estimate of drug-likeness (QED) is 0.801. The number of hydrogen-bond acceptors (Lipinski definition) is 4. The van der Waals surface area contributed by atoms with E-state index in [0.29, 0.717) is 25.3 Å². The van der Waals surface area contributed by atoms with Gasteiger partial charge in [-0.05, 0) is 26.0 Å². The van der Waals surface area contributed by atoms with Crippen LogP contribution in [-0.2, 0) is 0 Å². The van der Waals surface area contributed by atoms with Crippen LogP contribution < -0.4 is 5.32 Å². The predicted octanol–water partition coefficient (Wildman–Crippen LogP) is 1.99. The maximum absolute atomic E-state index is 12.2. The number of hydrogen-bond donors (Lipinski definition) is 2. The van der Waals surface area contributed by atoms with E-state index in [2.05, 4.69) is 10.3 Å². The highest BCUT2D eigenvalue weighted by Crippen LogP contribution is 2.16. The molecule has 112 valence electrons. The van der Waals surface area contributed by atoms with Gasteiger partial charge in [-0.15, -0.1) is 0 Å². The van der Waals surface area contributed by atoms with Crippen LogP contribution in [0.15, 0.2) is 18.3 Å². The molecule has 0 aliphatic rings. The molecule has 1 amide bonds. The number of nitrogens with one attached hydrogen (secondary N) is 1. The van der Waals surface area contributed by atoms with Gasteiger partial charge in [-0.25, -0.2) is 0 Å². The van der Waals surface area contributed by atoms with Gasteiger partial charge in [0.15, 0.2) is 0 Å². The molecular weight excluding hydrogens is 254 g/mol. The van der Waals surface area contributed by atoms with E-state index in [9.17, 15) is 9.90 Å². The monoisotopic (exact) mass is 279 g/mol. The van der Waals surface area contributed by atoms with Crippen LogP contribution in [-0.4, -0.2) is 47.1 Å². The minimum absolute atomic E-state index is 0.0555. The summed E-state index contributed by atoms with van der Waals surface area (Å²) in [5, 5.41) is 12.5. The number of pyridine rings is 1. The summed E-state index contributed by atoms with van der Waals surface area (Å²) < 4.78 is 0. The fraction of sp³-hybridized carbons (Fsp3) is 0.600. The largest absolute Gasteiger partial charge is 0.396 e. The molecule has 5 heteroatoms. The summed E-state index contributed by atoms with van der Waals surface area (Å²) in [5.74, 6) is -0.0555. The van der Waals surface area contributed by atoms with Crippen molar-refractivity contribution >= 4 is 11.6 Å². The highest BCUT2D eigenvalue weighted by molar-refractivity contribution is 5.93. The number of carbonyl (C=O) groups is 1. The highest BCUT2D eigenvalue weighted by Gasteiger charge is 2.17. The van der Waals surface area contributed by atoms with Crippen molar-refractivity contribution < 1.29 is 9.90 Å². The zero-order chi connectivity index (χ0) is 15.2. The molecule has 0 fully saturated rings. The van der Waals surface area contributed by atoms with Crippen molar-refractivity contribution in [3.8, 4) is 0 Å². The number of rotatable bonds is 7. The van der Waals surface area contributed by atoms with Crippen molar-refractivity contribution in [1.29, 1.82) is 0 Å². The molecule has 0 aliphatic carbocycles. The lowest BCUT2D eigenvalue weighted by atomic mass is 9.95. The predicted molar refractivity (Wildman–Crippen MR) is 80.8 cm³/mol. The van der Waals surface area contributed by atoms with Crippen LogP contribution in [0.5, 0.6) is 0 Å². The van der Waals surface area contributed by atoms with E-state index < -0.39 is 0 Å². The minimum Gasteiger partial charge on any atom is -0.396 e. The molecule has 0 bridgehead atoms. The van der Waals surface area contributed by atoms with Gasteiger partial charge in [0.2, 0.25) is 0 Å². The van der Waals surface area contributed by atoms with Crippen molar-refractivity contribution in [2.24, 2.45) is 5.41 Å². The molecule has 20 heavy (non-hydrogen) atoms. The third-order valence-electron chi connectivity index (χ3n) is 3.23. The first-order valence-electron chi connectivity index (χ1n) is 7.03. The van der Waals surface area contributed by atoms with Crippen LogP contribution in [0.4, 0.5) is 5.69 Å². The fourth-order valence-corrected chi connectivity index (χ4v) is 1.73. The van der Waals surface area contributed by atoms with Gasteiger partial charge in [0.05, 0.1) is 0 Å². The van der Waals surface area contributed by atoms with Crippen LogP contribution in [0.25, 0.3) is 0 Å². The van der Waals surface area contributed by atoms with Gasteiger partial charge in [0, 0.05) is 43.5 Å². The number of aliphatic hydroxyl groups is 1. The first kappa shape index (κ1) is 16.4. The van der Waals surface area contributed by atoms with E-state index in [4.69, 9.17) is 0 Å². The standard InChI is InChI=1S/C15H25N3O2/c1-5-18(6-2)14(20)13-9-12(7-8-16-13)17-10-15(3,4)11-19/h7-9,19H,5-6,10-11H2,1-4H3,(H,16,17). The van der Waals surface area contributed by atoms with Crippen LogP contribution in [0.1, 0.15) is 38.2 Å². The fourth-order valence-electron chi connectivity index (χ4n) is 1.73. The Hall–Kier alpha value is -1.62. The molecule has 0 aliphatic heterocycles. The second-order valence-corrected chi connectivity index (χ2v) is 5.58. The van der Waals surface area contributed by atoms with Crippen molar-refractivity contribution in [3.63, 3.8) is 0 Å². The van der Waals surface area contributed by atoms with Gasteiger partial charge >= 0.3 is 0 Å². The lowest BCUT2D eigenvalue weighted by molar-refractivity contribution is 0.0767. The summed E-state index contributed by atoms with van der Waals surface area (Å²) in [7, 11) is 0. The van der Waals surface area contributed by atoms with Crippen LogP contribution in [0.2, 0.25) is 0 Å². The van der Waals surface area contributed by atoms with Crippen molar-refractivity contribution in [2.45, 2.75) is 27.7 Å². The third kappa shape index (κ3) is 4.49. The van der Waals surface area contributed by atoms with E-state index in [1.54, 1.807) is 17.2 Å². The molecule has 0 radical (unpaired) electrons. The molecule has 0 atom stereocenters. The van der Waals surface area contributed by atoms with Gasteiger partial charge < -0.3 is 15.3 Å². The molecule has 1 aromatic rings. The van der Waals surface area contributed by atoms with Gasteiger partial charge in [0.25, 0.3) is 5.91 Å². The number of amides is 1. The van der Waals surface area contributed by atoms with Gasteiger partial charge in [-0.1, -0.05) is 13.8 Å². The Morgan fingerprint density at radius 2 is 2.05 bits per heavy atom. The lowest BCUT2D eigenvalue weighted by Crippen LogP contribution is -2.31. The SMILES string of the molecule is CCN(CC)C(=O)c1cc(NCC(C)(C)CO)ccn1. The van der Waals surface area contributed by atoms with E-state index in [-0.39, 0.29) is 17.9 Å². The van der Waals surface area contributed by atoms with Gasteiger partial charge in [0.1, 0.15) is 5.69 Å². The molecule has 0 unspecified atom stereocenters. The molecule has 1 heterocycles. The molecule has 1 rings (SSSR count). The first-order chi connectivity index (χ1) is 9.43. The first-order valence-corrected chi connectivity index (χ1v) is 7.03. The number of carbonyl (C=O) groups excluding carboxylic acids is 1. The van der Waals surface area contributed by atoms with Crippen molar-refractivity contribution in [1.82, 2.24) is 9.88 Å². The summed E-state index contributed by atoms with van der Waals surface area (Å²) in [6, 6.07) is 3.58. The lowest BCUT2D eigenvalue weighted by Gasteiger charge is -2.23. The van der Waals surface area contributed by atoms with Crippen molar-refractivity contribution in [3.05, 3.63) is 24.0 Å². The molecule has 0 saturated heterocycles. The second-order valence-electron chi connectivity index (χ2n) is 5.58. The highest BCUT2D eigenvalue weighted by atomic mass is 16.3. The van der Waals surface area contributed by atoms with Gasteiger partial charge in [-0.2, -0.15) is 0 Å². The molecule has 5 nitrogen and oxygen atoms in total. The zero-order valence-corrected chi connectivity index (χ0v) is 12.8. The van der Waals surface area contributed by atoms with E-state index >= 15 is 0 Å². The summed E-state index contributed by atoms with van der Waals surface area (Å²) in [6.07, 6.45) is 1.63. The molecule has 2 N–H and O–H groups in total. The summed E-state index contributed by atoms with van der Waals surface area (Å²) in [5.41, 5.74) is 1.09. The maximum Gasteiger partial charge on any atom is 0.272 e. The minimum atomic E-state index is -0.202. The van der Waals surface area contributed by atoms with Crippen LogP contribution >= 0.6 is 0 Å². The second kappa shape index (κ2) is 7.24. The molecular formula is C15H25N3O2. The van der Waals surface area contributed by atoms with Crippen molar-refractivity contribution in [2.75, 3.05) is 31.6 Å². The smallest absolute Gasteiger partial charge is 0.272 e.